The zero-order valence-electron chi connectivity index (χ0n) is 14.4. The largest absolute Gasteiger partial charge is 0.478 e. The van der Waals surface area contributed by atoms with Crippen LogP contribution >= 0.6 is 11.3 Å². The van der Waals surface area contributed by atoms with E-state index in [4.69, 9.17) is 5.73 Å². The van der Waals surface area contributed by atoms with Crippen LogP contribution in [0.4, 0.5) is 11.4 Å². The molecule has 0 fully saturated rings. The Morgan fingerprint density at radius 2 is 1.96 bits per heavy atom. The van der Waals surface area contributed by atoms with Crippen LogP contribution in [0.1, 0.15) is 39.6 Å². The number of fused-ring (bicyclic) bond motifs is 1. The number of pyridine rings is 1. The molecule has 0 saturated carbocycles. The predicted molar refractivity (Wildman–Crippen MR) is 104 cm³/mol. The molecular formula is C19H19N3O3S. The third kappa shape index (κ3) is 3.52. The Kier molecular flexibility index (Phi) is 4.90. The monoisotopic (exact) mass is 369 g/mol. The molecule has 4 N–H and O–H groups in total. The van der Waals surface area contributed by atoms with Gasteiger partial charge in [-0.3, -0.25) is 4.79 Å². The van der Waals surface area contributed by atoms with Gasteiger partial charge in [-0.2, -0.15) is 0 Å². The van der Waals surface area contributed by atoms with E-state index in [9.17, 15) is 14.7 Å². The van der Waals surface area contributed by atoms with Crippen molar-refractivity contribution in [2.24, 2.45) is 5.92 Å². The second-order valence-corrected chi connectivity index (χ2v) is 7.40. The highest BCUT2D eigenvalue weighted by atomic mass is 32.1. The number of nitrogens with one attached hydrogen (secondary N) is 1. The first-order valence-electron chi connectivity index (χ1n) is 8.18. The molecule has 2 aromatic heterocycles. The van der Waals surface area contributed by atoms with Crippen LogP contribution in [0.5, 0.6) is 0 Å². The van der Waals surface area contributed by atoms with Crippen molar-refractivity contribution in [2.75, 3.05) is 11.1 Å². The van der Waals surface area contributed by atoms with Gasteiger partial charge in [-0.25, -0.2) is 9.78 Å². The number of aromatic nitrogens is 1. The Labute approximate surface area is 154 Å². The highest BCUT2D eigenvalue weighted by Gasteiger charge is 2.19. The van der Waals surface area contributed by atoms with Crippen molar-refractivity contribution >= 4 is 44.8 Å². The number of hydrogen-bond acceptors (Lipinski definition) is 5. The normalized spacial score (nSPS) is 11.0. The van der Waals surface area contributed by atoms with Crippen molar-refractivity contribution in [1.29, 1.82) is 0 Å². The Morgan fingerprint density at radius 3 is 2.65 bits per heavy atom. The van der Waals surface area contributed by atoms with Crippen LogP contribution in [0.15, 0.2) is 36.4 Å². The Hall–Kier alpha value is -2.93. The molecule has 3 rings (SSSR count). The number of nitrogen functional groups attached to an aromatic ring is 1. The number of anilines is 2. The Morgan fingerprint density at radius 1 is 1.23 bits per heavy atom. The molecule has 7 heteroatoms. The summed E-state index contributed by atoms with van der Waals surface area (Å²) >= 11 is 1.21. The molecule has 0 radical (unpaired) electrons. The molecule has 6 nitrogen and oxygen atoms in total. The van der Waals surface area contributed by atoms with Gasteiger partial charge < -0.3 is 16.2 Å². The van der Waals surface area contributed by atoms with E-state index in [-0.39, 0.29) is 11.3 Å². The van der Waals surface area contributed by atoms with Crippen molar-refractivity contribution in [2.45, 2.75) is 20.3 Å². The maximum atomic E-state index is 12.6. The minimum Gasteiger partial charge on any atom is -0.478 e. The number of carbonyl (C=O) groups is 2. The first-order chi connectivity index (χ1) is 12.4. The van der Waals surface area contributed by atoms with Crippen LogP contribution in [-0.4, -0.2) is 22.0 Å². The van der Waals surface area contributed by atoms with Crippen molar-refractivity contribution < 1.29 is 14.7 Å². The smallest absolute Gasteiger partial charge is 0.337 e. The Bertz CT molecular complexity index is 995. The van der Waals surface area contributed by atoms with Crippen molar-refractivity contribution in [3.8, 4) is 0 Å². The maximum absolute atomic E-state index is 12.6. The molecule has 0 aliphatic heterocycles. The van der Waals surface area contributed by atoms with Crippen LogP contribution < -0.4 is 11.1 Å². The molecule has 0 aliphatic rings. The van der Waals surface area contributed by atoms with Crippen LogP contribution in [0.2, 0.25) is 0 Å². The fourth-order valence-corrected chi connectivity index (χ4v) is 3.70. The summed E-state index contributed by atoms with van der Waals surface area (Å²) in [7, 11) is 0. The third-order valence-electron chi connectivity index (χ3n) is 3.88. The van der Waals surface area contributed by atoms with Gasteiger partial charge in [-0.05, 0) is 36.6 Å². The SMILES string of the molecule is CC(C)Cc1ccc2c(N)c(C(=O)Nc3ccccc3C(=O)O)sc2n1. The molecule has 1 aromatic carbocycles. The summed E-state index contributed by atoms with van der Waals surface area (Å²) in [5, 5.41) is 12.6. The molecule has 2 heterocycles. The van der Waals surface area contributed by atoms with Crippen LogP contribution in [0.3, 0.4) is 0 Å². The molecule has 0 spiro atoms. The van der Waals surface area contributed by atoms with Gasteiger partial charge in [-0.1, -0.05) is 26.0 Å². The molecular weight excluding hydrogens is 350 g/mol. The number of nitrogens with two attached hydrogens (primary N) is 1. The minimum absolute atomic E-state index is 0.0258. The number of aromatic carboxylic acids is 1. The average molecular weight is 369 g/mol. The zero-order valence-corrected chi connectivity index (χ0v) is 15.3. The number of hydrogen-bond donors (Lipinski definition) is 3. The summed E-state index contributed by atoms with van der Waals surface area (Å²) in [5.41, 5.74) is 7.71. The van der Waals surface area contributed by atoms with Gasteiger partial charge in [0.1, 0.15) is 9.71 Å². The quantitative estimate of drug-likeness (QED) is 0.630. The zero-order chi connectivity index (χ0) is 18.8. The fourth-order valence-electron chi connectivity index (χ4n) is 2.69. The van der Waals surface area contributed by atoms with Gasteiger partial charge in [0.05, 0.1) is 16.9 Å². The summed E-state index contributed by atoms with van der Waals surface area (Å²) in [6.07, 6.45) is 0.848. The molecule has 0 aliphatic carbocycles. The van der Waals surface area contributed by atoms with Gasteiger partial charge in [0.25, 0.3) is 5.91 Å². The lowest BCUT2D eigenvalue weighted by Gasteiger charge is -2.07. The minimum atomic E-state index is -1.11. The van der Waals surface area contributed by atoms with Crippen LogP contribution in [0, 0.1) is 5.92 Å². The van der Waals surface area contributed by atoms with E-state index in [1.165, 1.54) is 17.4 Å². The molecule has 0 saturated heterocycles. The summed E-state index contributed by atoms with van der Waals surface area (Å²) in [6, 6.07) is 10.1. The number of carboxylic acids is 1. The molecule has 134 valence electrons. The second kappa shape index (κ2) is 7.13. The van der Waals surface area contributed by atoms with Crippen LogP contribution in [-0.2, 0) is 6.42 Å². The first kappa shape index (κ1) is 17.9. The molecule has 0 bridgehead atoms. The topological polar surface area (TPSA) is 105 Å². The van der Waals surface area contributed by atoms with E-state index in [0.717, 1.165) is 17.5 Å². The molecule has 3 aromatic rings. The number of nitrogens with zero attached hydrogens (tertiary/aromatic N) is 1. The van der Waals surface area contributed by atoms with Crippen molar-refractivity contribution in [3.63, 3.8) is 0 Å². The summed E-state index contributed by atoms with van der Waals surface area (Å²) in [5.74, 6) is -1.07. The molecule has 0 unspecified atom stereocenters. The number of para-hydroxylation sites is 1. The van der Waals surface area contributed by atoms with E-state index >= 15 is 0 Å². The third-order valence-corrected chi connectivity index (χ3v) is 4.99. The standard InChI is InChI=1S/C19H19N3O3S/c1-10(2)9-11-7-8-13-15(20)16(26-18(13)21-11)17(23)22-14-6-4-3-5-12(14)19(24)25/h3-8,10H,9,20H2,1-2H3,(H,22,23)(H,24,25). The highest BCUT2D eigenvalue weighted by Crippen LogP contribution is 2.33. The highest BCUT2D eigenvalue weighted by molar-refractivity contribution is 7.21. The van der Waals surface area contributed by atoms with Crippen molar-refractivity contribution in [1.82, 2.24) is 4.98 Å². The second-order valence-electron chi connectivity index (χ2n) is 6.40. The van der Waals surface area contributed by atoms with Gasteiger partial charge in [0.2, 0.25) is 0 Å². The van der Waals surface area contributed by atoms with Gasteiger partial charge in [0, 0.05) is 11.1 Å². The first-order valence-corrected chi connectivity index (χ1v) is 9.00. The number of rotatable bonds is 5. The van der Waals surface area contributed by atoms with E-state index in [2.05, 4.69) is 24.1 Å². The lowest BCUT2D eigenvalue weighted by atomic mass is 10.1. The molecule has 26 heavy (non-hydrogen) atoms. The maximum Gasteiger partial charge on any atom is 0.337 e. The van der Waals surface area contributed by atoms with E-state index in [1.807, 2.05) is 12.1 Å². The number of thiophene rings is 1. The van der Waals surface area contributed by atoms with Crippen molar-refractivity contribution in [3.05, 3.63) is 52.5 Å². The molecule has 1 amide bonds. The predicted octanol–water partition coefficient (Wildman–Crippen LogP) is 4.03. The summed E-state index contributed by atoms with van der Waals surface area (Å²) < 4.78 is 0. The van der Waals surface area contributed by atoms with Gasteiger partial charge in [0.15, 0.2) is 0 Å². The number of amides is 1. The van der Waals surface area contributed by atoms with E-state index in [1.54, 1.807) is 18.2 Å². The van der Waals surface area contributed by atoms with Gasteiger partial charge >= 0.3 is 5.97 Å². The lowest BCUT2D eigenvalue weighted by molar-refractivity contribution is 0.0698. The average Bonchev–Trinajstić information content (AvgIpc) is 2.91. The summed E-state index contributed by atoms with van der Waals surface area (Å²) in [4.78, 5) is 29.6. The summed E-state index contributed by atoms with van der Waals surface area (Å²) in [6.45, 7) is 4.24. The molecule has 0 atom stereocenters. The van der Waals surface area contributed by atoms with E-state index < -0.39 is 11.9 Å². The number of carbonyl (C=O) groups excluding carboxylic acids is 1. The fraction of sp³-hybridized carbons (Fsp3) is 0.211. The Balaban J connectivity index is 1.94. The van der Waals surface area contributed by atoms with E-state index in [0.29, 0.717) is 21.3 Å². The van der Waals surface area contributed by atoms with Crippen LogP contribution in [0.25, 0.3) is 10.2 Å². The lowest BCUT2D eigenvalue weighted by Crippen LogP contribution is -2.14. The van der Waals surface area contributed by atoms with Gasteiger partial charge in [-0.15, -0.1) is 11.3 Å². The number of benzene rings is 1. The number of carboxylic acid groups (broad SMARTS) is 1.